The number of rotatable bonds is 7. The van der Waals surface area contributed by atoms with E-state index in [0.29, 0.717) is 37.7 Å². The van der Waals surface area contributed by atoms with Crippen LogP contribution < -0.4 is 15.6 Å². The summed E-state index contributed by atoms with van der Waals surface area (Å²) in [5, 5.41) is 0. The molecule has 1 aliphatic rings. The molecule has 1 heterocycles. The third-order valence-electron chi connectivity index (χ3n) is 4.45. The lowest BCUT2D eigenvalue weighted by molar-refractivity contribution is 0.0730. The number of benzene rings is 2. The van der Waals surface area contributed by atoms with Crippen molar-refractivity contribution in [2.45, 2.75) is 4.90 Å². The standard InChI is InChI=1S/C20H23N3O5S/c1-15(16-5-3-7-18(13-16)27-2)21-22-20(24)17-6-4-8-19(14-17)29(25,26)23-9-11-28-12-10-23/h3-8,13-14,21H,1,9-12H2,2H3,(H,22,24). The van der Waals surface area contributed by atoms with Gasteiger partial charge in [-0.3, -0.25) is 15.6 Å². The van der Waals surface area contributed by atoms with Gasteiger partial charge in [0.15, 0.2) is 0 Å². The summed E-state index contributed by atoms with van der Waals surface area (Å²) in [6.07, 6.45) is 0. The van der Waals surface area contributed by atoms with Gasteiger partial charge in [0.05, 0.1) is 30.9 Å². The van der Waals surface area contributed by atoms with Gasteiger partial charge in [0, 0.05) is 24.2 Å². The first-order chi connectivity index (χ1) is 13.9. The quantitative estimate of drug-likeness (QED) is 0.665. The predicted octanol–water partition coefficient (Wildman–Crippen LogP) is 1.62. The first-order valence-corrected chi connectivity index (χ1v) is 10.4. The van der Waals surface area contributed by atoms with Gasteiger partial charge in [-0.2, -0.15) is 4.31 Å². The lowest BCUT2D eigenvalue weighted by Crippen LogP contribution is -2.40. The number of amides is 1. The van der Waals surface area contributed by atoms with Crippen LogP contribution >= 0.6 is 0 Å². The van der Waals surface area contributed by atoms with Gasteiger partial charge >= 0.3 is 0 Å². The molecule has 29 heavy (non-hydrogen) atoms. The maximum absolute atomic E-state index is 12.8. The summed E-state index contributed by atoms with van der Waals surface area (Å²) in [4.78, 5) is 12.6. The summed E-state index contributed by atoms with van der Waals surface area (Å²) in [5.41, 5.74) is 6.70. The predicted molar refractivity (Wildman–Crippen MR) is 109 cm³/mol. The summed E-state index contributed by atoms with van der Waals surface area (Å²) >= 11 is 0. The average molecular weight is 417 g/mol. The fourth-order valence-corrected chi connectivity index (χ4v) is 4.28. The molecule has 0 atom stereocenters. The number of sulfonamides is 1. The second-order valence-electron chi connectivity index (χ2n) is 6.33. The Morgan fingerprint density at radius 3 is 2.48 bits per heavy atom. The molecule has 2 aromatic carbocycles. The number of carbonyl (C=O) groups excluding carboxylic acids is 1. The highest BCUT2D eigenvalue weighted by Gasteiger charge is 2.26. The van der Waals surface area contributed by atoms with E-state index in [0.717, 1.165) is 5.56 Å². The van der Waals surface area contributed by atoms with Gasteiger partial charge in [-0.15, -0.1) is 0 Å². The molecule has 8 nitrogen and oxygen atoms in total. The number of morpholine rings is 1. The lowest BCUT2D eigenvalue weighted by Gasteiger charge is -2.26. The number of carbonyl (C=O) groups is 1. The maximum Gasteiger partial charge on any atom is 0.269 e. The lowest BCUT2D eigenvalue weighted by atomic mass is 10.2. The van der Waals surface area contributed by atoms with Crippen LogP contribution in [-0.4, -0.2) is 52.0 Å². The third kappa shape index (κ3) is 4.94. The number of hydrogen-bond donors (Lipinski definition) is 2. The summed E-state index contributed by atoms with van der Waals surface area (Å²) in [6.45, 7) is 5.19. The molecule has 0 saturated carbocycles. The van der Waals surface area contributed by atoms with Crippen LogP contribution in [0.4, 0.5) is 0 Å². The van der Waals surface area contributed by atoms with Gasteiger partial charge in [0.1, 0.15) is 5.75 Å². The Morgan fingerprint density at radius 2 is 1.76 bits per heavy atom. The Kier molecular flexibility index (Phi) is 6.53. The Bertz CT molecular complexity index is 1000. The van der Waals surface area contributed by atoms with Crippen molar-refractivity contribution in [2.75, 3.05) is 33.4 Å². The number of nitrogens with zero attached hydrogens (tertiary/aromatic N) is 1. The Hall–Kier alpha value is -2.88. The zero-order valence-corrected chi connectivity index (χ0v) is 16.9. The van der Waals surface area contributed by atoms with E-state index < -0.39 is 15.9 Å². The molecule has 1 aliphatic heterocycles. The van der Waals surface area contributed by atoms with Crippen molar-refractivity contribution in [1.29, 1.82) is 0 Å². The minimum Gasteiger partial charge on any atom is -0.497 e. The molecule has 2 N–H and O–H groups in total. The van der Waals surface area contributed by atoms with E-state index in [2.05, 4.69) is 17.4 Å². The molecule has 1 fully saturated rings. The van der Waals surface area contributed by atoms with Crippen LogP contribution in [0.3, 0.4) is 0 Å². The topological polar surface area (TPSA) is 97.0 Å². The minimum absolute atomic E-state index is 0.0682. The molecule has 1 saturated heterocycles. The number of nitrogens with one attached hydrogen (secondary N) is 2. The highest BCUT2D eigenvalue weighted by atomic mass is 32.2. The Balaban J connectivity index is 1.68. The van der Waals surface area contributed by atoms with Crippen LogP contribution in [0.15, 0.2) is 60.0 Å². The largest absolute Gasteiger partial charge is 0.497 e. The molecule has 1 amide bonds. The molecule has 0 unspecified atom stereocenters. The second kappa shape index (κ2) is 9.08. The van der Waals surface area contributed by atoms with Crippen molar-refractivity contribution in [1.82, 2.24) is 15.2 Å². The number of hydrazine groups is 1. The number of ether oxygens (including phenoxy) is 2. The van der Waals surface area contributed by atoms with Gasteiger partial charge < -0.3 is 9.47 Å². The number of methoxy groups -OCH3 is 1. The first-order valence-electron chi connectivity index (χ1n) is 8.99. The molecule has 3 rings (SSSR count). The van der Waals surface area contributed by atoms with Crippen LogP contribution in [0, 0.1) is 0 Å². The first kappa shape index (κ1) is 20.8. The molecule has 0 aromatic heterocycles. The Morgan fingerprint density at radius 1 is 1.07 bits per heavy atom. The van der Waals surface area contributed by atoms with Gasteiger partial charge in [-0.1, -0.05) is 24.8 Å². The monoisotopic (exact) mass is 417 g/mol. The fourth-order valence-electron chi connectivity index (χ4n) is 2.82. The second-order valence-corrected chi connectivity index (χ2v) is 8.27. The molecule has 0 spiro atoms. The molecule has 9 heteroatoms. The summed E-state index contributed by atoms with van der Waals surface area (Å²) in [6, 6.07) is 13.1. The van der Waals surface area contributed by atoms with E-state index in [-0.39, 0.29) is 10.5 Å². The molecule has 0 bridgehead atoms. The van der Waals surface area contributed by atoms with E-state index >= 15 is 0 Å². The summed E-state index contributed by atoms with van der Waals surface area (Å²) < 4.78 is 37.3. The van der Waals surface area contributed by atoms with Gasteiger partial charge in [0.25, 0.3) is 5.91 Å². The highest BCUT2D eigenvalue weighted by molar-refractivity contribution is 7.89. The van der Waals surface area contributed by atoms with Crippen LogP contribution in [-0.2, 0) is 14.8 Å². The van der Waals surface area contributed by atoms with E-state index in [1.54, 1.807) is 31.4 Å². The molecule has 0 aliphatic carbocycles. The smallest absolute Gasteiger partial charge is 0.269 e. The molecule has 0 radical (unpaired) electrons. The molecular weight excluding hydrogens is 394 g/mol. The SMILES string of the molecule is C=C(NNC(=O)c1cccc(S(=O)(=O)N2CCOCC2)c1)c1cccc(OC)c1. The van der Waals surface area contributed by atoms with Crippen LogP contribution in [0.1, 0.15) is 15.9 Å². The minimum atomic E-state index is -3.68. The van der Waals surface area contributed by atoms with Crippen molar-refractivity contribution in [3.63, 3.8) is 0 Å². The van der Waals surface area contributed by atoms with Crippen molar-refractivity contribution in [2.24, 2.45) is 0 Å². The normalized spacial score (nSPS) is 14.8. The van der Waals surface area contributed by atoms with Gasteiger partial charge in [-0.25, -0.2) is 8.42 Å². The zero-order chi connectivity index (χ0) is 20.9. The van der Waals surface area contributed by atoms with Crippen molar-refractivity contribution >= 4 is 21.6 Å². The third-order valence-corrected chi connectivity index (χ3v) is 6.34. The van der Waals surface area contributed by atoms with Gasteiger partial charge in [-0.05, 0) is 30.3 Å². The molecule has 2 aromatic rings. The van der Waals surface area contributed by atoms with Crippen molar-refractivity contribution in [3.8, 4) is 5.75 Å². The van der Waals surface area contributed by atoms with Crippen molar-refractivity contribution in [3.05, 3.63) is 66.2 Å². The van der Waals surface area contributed by atoms with Crippen molar-refractivity contribution < 1.29 is 22.7 Å². The van der Waals surface area contributed by atoms with Crippen LogP contribution in [0.2, 0.25) is 0 Å². The van der Waals surface area contributed by atoms with Gasteiger partial charge in [0.2, 0.25) is 10.0 Å². The maximum atomic E-state index is 12.8. The van der Waals surface area contributed by atoms with E-state index in [1.807, 2.05) is 12.1 Å². The summed E-state index contributed by atoms with van der Waals surface area (Å²) in [7, 11) is -2.11. The molecular formula is C20H23N3O5S. The number of hydrogen-bond acceptors (Lipinski definition) is 6. The molecule has 154 valence electrons. The average Bonchev–Trinajstić information content (AvgIpc) is 2.78. The highest BCUT2D eigenvalue weighted by Crippen LogP contribution is 2.19. The summed E-state index contributed by atoms with van der Waals surface area (Å²) in [5.74, 6) is 0.186. The zero-order valence-electron chi connectivity index (χ0n) is 16.1. The van der Waals surface area contributed by atoms with Crippen LogP contribution in [0.25, 0.3) is 5.70 Å². The van der Waals surface area contributed by atoms with E-state index in [1.165, 1.54) is 16.4 Å². The fraction of sp³-hybridized carbons (Fsp3) is 0.250. The van der Waals surface area contributed by atoms with E-state index in [9.17, 15) is 13.2 Å². The Labute approximate surface area is 170 Å². The van der Waals surface area contributed by atoms with Crippen LogP contribution in [0.5, 0.6) is 5.75 Å². The van der Waals surface area contributed by atoms with E-state index in [4.69, 9.17) is 9.47 Å².